The van der Waals surface area contributed by atoms with Crippen LogP contribution < -0.4 is 0 Å². The highest BCUT2D eigenvalue weighted by Gasteiger charge is 2.31. The standard InChI is InChI=1S/C9H18O11/c10-1-3(12)5(14)7(16)19-9(18)20-8(17)6(15)4(13)2-11/h3-8,10-17H,1-2H2/t3-,4-,5-,6-,7?,8?/m0/s1. The first-order valence-electron chi connectivity index (χ1n) is 5.42. The van der Waals surface area contributed by atoms with Crippen molar-refractivity contribution in [2.75, 3.05) is 13.2 Å². The first kappa shape index (κ1) is 18.9. The van der Waals surface area contributed by atoms with E-state index in [1.54, 1.807) is 0 Å². The third-order valence-electron chi connectivity index (χ3n) is 2.18. The van der Waals surface area contributed by atoms with E-state index in [0.29, 0.717) is 0 Å². The number of aliphatic hydroxyl groups excluding tert-OH is 8. The molecule has 0 aromatic carbocycles. The Hall–Kier alpha value is -1.05. The maximum atomic E-state index is 11.0. The molecule has 0 saturated carbocycles. The van der Waals surface area contributed by atoms with Crippen LogP contribution >= 0.6 is 0 Å². The zero-order chi connectivity index (χ0) is 15.9. The number of rotatable bonds is 8. The largest absolute Gasteiger partial charge is 0.513 e. The van der Waals surface area contributed by atoms with Crippen LogP contribution in [0.4, 0.5) is 4.79 Å². The van der Waals surface area contributed by atoms with Gasteiger partial charge in [0.15, 0.2) is 0 Å². The summed E-state index contributed by atoms with van der Waals surface area (Å²) in [6, 6.07) is 0. The molecule has 11 heteroatoms. The molecular weight excluding hydrogens is 284 g/mol. The van der Waals surface area contributed by atoms with E-state index in [0.717, 1.165) is 0 Å². The van der Waals surface area contributed by atoms with Crippen molar-refractivity contribution in [3.63, 3.8) is 0 Å². The quantitative estimate of drug-likeness (QED) is 0.158. The maximum absolute atomic E-state index is 11.0. The number of aliphatic hydroxyl groups is 8. The van der Waals surface area contributed by atoms with E-state index in [4.69, 9.17) is 40.9 Å². The van der Waals surface area contributed by atoms with Crippen LogP contribution in [0.3, 0.4) is 0 Å². The molecular formula is C9H18O11. The molecule has 0 fully saturated rings. The van der Waals surface area contributed by atoms with Gasteiger partial charge in [0.1, 0.15) is 24.4 Å². The van der Waals surface area contributed by atoms with E-state index in [1.165, 1.54) is 0 Å². The monoisotopic (exact) mass is 302 g/mol. The van der Waals surface area contributed by atoms with Crippen molar-refractivity contribution in [2.24, 2.45) is 0 Å². The number of carbonyl (C=O) groups is 1. The molecule has 0 spiro atoms. The molecule has 0 heterocycles. The van der Waals surface area contributed by atoms with Crippen LogP contribution in [0.1, 0.15) is 0 Å². The van der Waals surface area contributed by atoms with E-state index in [9.17, 15) is 4.79 Å². The van der Waals surface area contributed by atoms with Crippen LogP contribution in [0.2, 0.25) is 0 Å². The van der Waals surface area contributed by atoms with Crippen LogP contribution in [0.25, 0.3) is 0 Å². The van der Waals surface area contributed by atoms with Gasteiger partial charge in [-0.05, 0) is 0 Å². The van der Waals surface area contributed by atoms with Gasteiger partial charge in [-0.25, -0.2) is 4.79 Å². The van der Waals surface area contributed by atoms with Crippen molar-refractivity contribution in [1.29, 1.82) is 0 Å². The average Bonchev–Trinajstić information content (AvgIpc) is 2.43. The summed E-state index contributed by atoms with van der Waals surface area (Å²) in [6.45, 7) is -1.83. The third-order valence-corrected chi connectivity index (χ3v) is 2.18. The Balaban J connectivity index is 4.28. The minimum absolute atomic E-state index is 0.916. The van der Waals surface area contributed by atoms with E-state index < -0.39 is 56.4 Å². The van der Waals surface area contributed by atoms with E-state index in [-0.39, 0.29) is 0 Å². The zero-order valence-corrected chi connectivity index (χ0v) is 10.2. The second-order valence-corrected chi connectivity index (χ2v) is 3.75. The Morgan fingerprint density at radius 1 is 0.750 bits per heavy atom. The summed E-state index contributed by atoms with van der Waals surface area (Å²) >= 11 is 0. The van der Waals surface area contributed by atoms with E-state index >= 15 is 0 Å². The van der Waals surface area contributed by atoms with E-state index in [2.05, 4.69) is 9.47 Å². The molecule has 0 aliphatic rings. The second-order valence-electron chi connectivity index (χ2n) is 3.75. The maximum Gasteiger partial charge on any atom is 0.513 e. The van der Waals surface area contributed by atoms with Crippen molar-refractivity contribution in [3.8, 4) is 0 Å². The number of hydrogen-bond donors (Lipinski definition) is 8. The van der Waals surface area contributed by atoms with Crippen molar-refractivity contribution in [2.45, 2.75) is 37.0 Å². The number of ether oxygens (including phenoxy) is 2. The molecule has 11 nitrogen and oxygen atoms in total. The van der Waals surface area contributed by atoms with Gasteiger partial charge >= 0.3 is 6.16 Å². The number of carbonyl (C=O) groups excluding carboxylic acids is 1. The smallest absolute Gasteiger partial charge is 0.401 e. The molecule has 0 bridgehead atoms. The molecule has 120 valence electrons. The average molecular weight is 302 g/mol. The van der Waals surface area contributed by atoms with Crippen molar-refractivity contribution < 1.29 is 55.1 Å². The minimum Gasteiger partial charge on any atom is -0.401 e. The molecule has 20 heavy (non-hydrogen) atoms. The Labute approximate surface area is 112 Å². The van der Waals surface area contributed by atoms with Gasteiger partial charge in [0, 0.05) is 0 Å². The lowest BCUT2D eigenvalue weighted by atomic mass is 10.2. The van der Waals surface area contributed by atoms with Gasteiger partial charge in [-0.3, -0.25) is 0 Å². The molecule has 0 aliphatic heterocycles. The molecule has 0 aromatic heterocycles. The van der Waals surface area contributed by atoms with E-state index in [1.807, 2.05) is 0 Å². The molecule has 0 amide bonds. The van der Waals surface area contributed by atoms with Crippen LogP contribution in [0.5, 0.6) is 0 Å². The molecule has 0 aromatic rings. The summed E-state index contributed by atoms with van der Waals surface area (Å²) < 4.78 is 8.05. The van der Waals surface area contributed by atoms with Gasteiger partial charge in [0.05, 0.1) is 13.2 Å². The highest BCUT2D eigenvalue weighted by Crippen LogP contribution is 2.07. The highest BCUT2D eigenvalue weighted by molar-refractivity contribution is 5.60. The zero-order valence-electron chi connectivity index (χ0n) is 10.2. The fourth-order valence-corrected chi connectivity index (χ4v) is 0.960. The van der Waals surface area contributed by atoms with Gasteiger partial charge in [0.25, 0.3) is 0 Å². The Morgan fingerprint density at radius 3 is 1.30 bits per heavy atom. The fourth-order valence-electron chi connectivity index (χ4n) is 0.960. The molecule has 6 atom stereocenters. The molecule has 0 aliphatic carbocycles. The summed E-state index contributed by atoms with van der Waals surface area (Å²) in [5.74, 6) is 0. The van der Waals surface area contributed by atoms with Gasteiger partial charge in [0.2, 0.25) is 12.6 Å². The fraction of sp³-hybridized carbons (Fsp3) is 0.889. The number of hydrogen-bond acceptors (Lipinski definition) is 11. The lowest BCUT2D eigenvalue weighted by molar-refractivity contribution is -0.207. The molecule has 2 unspecified atom stereocenters. The topological polar surface area (TPSA) is 197 Å². The highest BCUT2D eigenvalue weighted by atomic mass is 16.8. The van der Waals surface area contributed by atoms with Gasteiger partial charge in [-0.1, -0.05) is 0 Å². The van der Waals surface area contributed by atoms with Gasteiger partial charge in [-0.2, -0.15) is 0 Å². The van der Waals surface area contributed by atoms with Crippen LogP contribution in [-0.2, 0) is 9.47 Å². The van der Waals surface area contributed by atoms with Gasteiger partial charge in [-0.15, -0.1) is 0 Å². The first-order valence-corrected chi connectivity index (χ1v) is 5.42. The molecule has 0 rings (SSSR count). The first-order chi connectivity index (χ1) is 9.24. The Kier molecular flexibility index (Phi) is 8.52. The summed E-state index contributed by atoms with van der Waals surface area (Å²) in [5, 5.41) is 71.3. The minimum atomic E-state index is -2.27. The van der Waals surface area contributed by atoms with Gasteiger partial charge < -0.3 is 50.3 Å². The molecule has 8 N–H and O–H groups in total. The van der Waals surface area contributed by atoms with Crippen molar-refractivity contribution in [1.82, 2.24) is 0 Å². The molecule has 0 radical (unpaired) electrons. The van der Waals surface area contributed by atoms with Crippen LogP contribution in [-0.4, -0.2) is 97.2 Å². The summed E-state index contributed by atoms with van der Waals surface area (Å²) in [4.78, 5) is 11.0. The summed E-state index contributed by atoms with van der Waals surface area (Å²) in [5.41, 5.74) is 0. The Bertz CT molecular complexity index is 259. The summed E-state index contributed by atoms with van der Waals surface area (Å²) in [7, 11) is 0. The van der Waals surface area contributed by atoms with Crippen molar-refractivity contribution >= 4 is 6.16 Å². The lowest BCUT2D eigenvalue weighted by Gasteiger charge is -2.23. The van der Waals surface area contributed by atoms with Crippen molar-refractivity contribution in [3.05, 3.63) is 0 Å². The van der Waals surface area contributed by atoms with Crippen LogP contribution in [0, 0.1) is 0 Å². The predicted molar refractivity (Wildman–Crippen MR) is 57.8 cm³/mol. The normalized spacial score (nSPS) is 20.4. The summed E-state index contributed by atoms with van der Waals surface area (Å²) in [6.07, 6.45) is -13.9. The molecule has 0 saturated heterocycles. The Morgan fingerprint density at radius 2 is 1.05 bits per heavy atom. The third kappa shape index (κ3) is 5.94. The SMILES string of the molecule is O=C(OC(O)[C@@H](O)[C@@H](O)CO)OC(O)[C@@H](O)[C@@H](O)CO. The van der Waals surface area contributed by atoms with Crippen LogP contribution in [0.15, 0.2) is 0 Å². The second kappa shape index (κ2) is 8.99. The predicted octanol–water partition coefficient (Wildman–Crippen LogP) is -4.80. The lowest BCUT2D eigenvalue weighted by Crippen LogP contribution is -2.44.